The Kier molecular flexibility index (Phi) is 6.05. The SMILES string of the molecule is CCC1CC(NC(=O)C(C)C)CN(C(=O)OC(C)(C)C)C1. The molecule has 1 saturated heterocycles. The molecule has 0 aliphatic carbocycles. The molecule has 5 nitrogen and oxygen atoms in total. The van der Waals surface area contributed by atoms with Gasteiger partial charge in [0, 0.05) is 25.0 Å². The molecule has 1 N–H and O–H groups in total. The van der Waals surface area contributed by atoms with Crippen molar-refractivity contribution in [1.82, 2.24) is 10.2 Å². The molecule has 0 aromatic heterocycles. The summed E-state index contributed by atoms with van der Waals surface area (Å²) in [6.45, 7) is 12.7. The van der Waals surface area contributed by atoms with Crippen LogP contribution in [0.1, 0.15) is 54.4 Å². The normalized spacial score (nSPS) is 23.1. The fourth-order valence-electron chi connectivity index (χ4n) is 2.45. The van der Waals surface area contributed by atoms with Crippen LogP contribution in [0.3, 0.4) is 0 Å². The van der Waals surface area contributed by atoms with E-state index < -0.39 is 5.60 Å². The van der Waals surface area contributed by atoms with Crippen LogP contribution in [0.5, 0.6) is 0 Å². The van der Waals surface area contributed by atoms with Gasteiger partial charge in [0.1, 0.15) is 5.60 Å². The van der Waals surface area contributed by atoms with Crippen molar-refractivity contribution in [3.8, 4) is 0 Å². The number of hydrogen-bond acceptors (Lipinski definition) is 3. The lowest BCUT2D eigenvalue weighted by atomic mass is 9.92. The number of ether oxygens (including phenoxy) is 1. The topological polar surface area (TPSA) is 58.6 Å². The minimum atomic E-state index is -0.493. The third-order valence-corrected chi connectivity index (χ3v) is 3.64. The van der Waals surface area contributed by atoms with Gasteiger partial charge in [-0.05, 0) is 33.1 Å². The van der Waals surface area contributed by atoms with Crippen molar-refractivity contribution in [3.05, 3.63) is 0 Å². The van der Waals surface area contributed by atoms with Gasteiger partial charge >= 0.3 is 6.09 Å². The Morgan fingerprint density at radius 1 is 1.29 bits per heavy atom. The Hall–Kier alpha value is -1.26. The number of likely N-dealkylation sites (tertiary alicyclic amines) is 1. The maximum atomic E-state index is 12.2. The molecule has 0 radical (unpaired) electrons. The molecule has 0 aromatic carbocycles. The van der Waals surface area contributed by atoms with E-state index in [2.05, 4.69) is 12.2 Å². The number of nitrogens with one attached hydrogen (secondary N) is 1. The Labute approximate surface area is 128 Å². The van der Waals surface area contributed by atoms with Gasteiger partial charge in [-0.1, -0.05) is 27.2 Å². The van der Waals surface area contributed by atoms with Crippen molar-refractivity contribution in [3.63, 3.8) is 0 Å². The molecule has 2 atom stereocenters. The molecule has 1 fully saturated rings. The quantitative estimate of drug-likeness (QED) is 0.871. The largest absolute Gasteiger partial charge is 0.444 e. The van der Waals surface area contributed by atoms with Crippen molar-refractivity contribution in [2.24, 2.45) is 11.8 Å². The zero-order chi connectivity index (χ0) is 16.2. The lowest BCUT2D eigenvalue weighted by Crippen LogP contribution is -2.54. The third kappa shape index (κ3) is 5.94. The first-order valence-electron chi connectivity index (χ1n) is 7.90. The average molecular weight is 298 g/mol. The zero-order valence-electron chi connectivity index (χ0n) is 14.2. The molecule has 1 aliphatic rings. The van der Waals surface area contributed by atoms with E-state index in [4.69, 9.17) is 4.74 Å². The fourth-order valence-corrected chi connectivity index (χ4v) is 2.45. The van der Waals surface area contributed by atoms with Crippen molar-refractivity contribution >= 4 is 12.0 Å². The molecule has 1 heterocycles. The van der Waals surface area contributed by atoms with Crippen LogP contribution in [-0.2, 0) is 9.53 Å². The van der Waals surface area contributed by atoms with Crippen molar-refractivity contribution in [2.75, 3.05) is 13.1 Å². The molecular weight excluding hydrogens is 268 g/mol. The summed E-state index contributed by atoms with van der Waals surface area (Å²) in [6, 6.07) is 0.0196. The molecule has 1 aliphatic heterocycles. The predicted octanol–water partition coefficient (Wildman–Crippen LogP) is 2.79. The molecule has 0 bridgehead atoms. The van der Waals surface area contributed by atoms with Gasteiger partial charge in [-0.2, -0.15) is 0 Å². The van der Waals surface area contributed by atoms with E-state index in [1.165, 1.54) is 0 Å². The highest BCUT2D eigenvalue weighted by atomic mass is 16.6. The molecule has 2 amide bonds. The molecule has 21 heavy (non-hydrogen) atoms. The van der Waals surface area contributed by atoms with Gasteiger partial charge in [0.05, 0.1) is 0 Å². The number of carbonyl (C=O) groups excluding carboxylic acids is 2. The van der Waals surface area contributed by atoms with Gasteiger partial charge in [-0.3, -0.25) is 4.79 Å². The molecule has 0 aromatic rings. The molecule has 1 rings (SSSR count). The Bertz CT molecular complexity index is 374. The van der Waals surface area contributed by atoms with E-state index in [0.29, 0.717) is 19.0 Å². The molecule has 5 heteroatoms. The number of nitrogens with zero attached hydrogens (tertiary/aromatic N) is 1. The Balaban J connectivity index is 2.68. The van der Waals surface area contributed by atoms with Gasteiger partial charge in [0.15, 0.2) is 0 Å². The van der Waals surface area contributed by atoms with E-state index in [9.17, 15) is 9.59 Å². The first-order valence-corrected chi connectivity index (χ1v) is 7.90. The molecule has 0 saturated carbocycles. The van der Waals surface area contributed by atoms with Gasteiger partial charge < -0.3 is 15.0 Å². The maximum Gasteiger partial charge on any atom is 0.410 e. The lowest BCUT2D eigenvalue weighted by molar-refractivity contribution is -0.125. The number of piperidine rings is 1. The summed E-state index contributed by atoms with van der Waals surface area (Å²) < 4.78 is 5.45. The smallest absolute Gasteiger partial charge is 0.410 e. The van der Waals surface area contributed by atoms with Crippen molar-refractivity contribution < 1.29 is 14.3 Å². The number of hydrogen-bond donors (Lipinski definition) is 1. The first-order chi connectivity index (χ1) is 9.62. The van der Waals surface area contributed by atoms with Crippen LogP contribution in [0.15, 0.2) is 0 Å². The highest BCUT2D eigenvalue weighted by molar-refractivity contribution is 5.78. The van der Waals surface area contributed by atoms with Crippen LogP contribution < -0.4 is 5.32 Å². The Morgan fingerprint density at radius 2 is 1.90 bits per heavy atom. The summed E-state index contributed by atoms with van der Waals surface area (Å²) in [7, 11) is 0. The number of carbonyl (C=O) groups is 2. The summed E-state index contributed by atoms with van der Waals surface area (Å²) in [5.74, 6) is 0.409. The standard InChI is InChI=1S/C16H30N2O3/c1-7-12-8-13(17-14(19)11(2)3)10-18(9-12)15(20)21-16(4,5)6/h11-13H,7-10H2,1-6H3,(H,17,19). The minimum Gasteiger partial charge on any atom is -0.444 e. The second kappa shape index (κ2) is 7.14. The van der Waals surface area contributed by atoms with Crippen LogP contribution in [0.4, 0.5) is 4.79 Å². The first kappa shape index (κ1) is 17.8. The highest BCUT2D eigenvalue weighted by Gasteiger charge is 2.32. The second-order valence-electron chi connectivity index (χ2n) is 7.26. The lowest BCUT2D eigenvalue weighted by Gasteiger charge is -2.38. The fraction of sp³-hybridized carbons (Fsp3) is 0.875. The minimum absolute atomic E-state index is 0.0196. The monoisotopic (exact) mass is 298 g/mol. The van der Waals surface area contributed by atoms with Crippen LogP contribution >= 0.6 is 0 Å². The van der Waals surface area contributed by atoms with E-state index in [1.807, 2.05) is 34.6 Å². The molecule has 0 spiro atoms. The number of amides is 2. The third-order valence-electron chi connectivity index (χ3n) is 3.64. The highest BCUT2D eigenvalue weighted by Crippen LogP contribution is 2.22. The maximum absolute atomic E-state index is 12.2. The van der Waals surface area contributed by atoms with E-state index in [-0.39, 0.29) is 24.0 Å². The molecule has 2 unspecified atom stereocenters. The van der Waals surface area contributed by atoms with Gasteiger partial charge in [0.25, 0.3) is 0 Å². The second-order valence-corrected chi connectivity index (χ2v) is 7.26. The van der Waals surface area contributed by atoms with Crippen LogP contribution in [0, 0.1) is 11.8 Å². The molecule has 122 valence electrons. The summed E-state index contributed by atoms with van der Waals surface area (Å²) >= 11 is 0. The summed E-state index contributed by atoms with van der Waals surface area (Å²) in [5.41, 5.74) is -0.493. The van der Waals surface area contributed by atoms with E-state index in [1.54, 1.807) is 4.90 Å². The van der Waals surface area contributed by atoms with Crippen LogP contribution in [0.2, 0.25) is 0 Å². The summed E-state index contributed by atoms with van der Waals surface area (Å²) in [4.78, 5) is 25.8. The van der Waals surface area contributed by atoms with Crippen LogP contribution in [-0.4, -0.2) is 41.6 Å². The molecular formula is C16H30N2O3. The Morgan fingerprint density at radius 3 is 2.38 bits per heavy atom. The van der Waals surface area contributed by atoms with Crippen molar-refractivity contribution in [1.29, 1.82) is 0 Å². The summed E-state index contributed by atoms with van der Waals surface area (Å²) in [5, 5.41) is 3.04. The van der Waals surface area contributed by atoms with E-state index >= 15 is 0 Å². The van der Waals surface area contributed by atoms with Crippen molar-refractivity contribution in [2.45, 2.75) is 66.0 Å². The number of rotatable bonds is 3. The zero-order valence-corrected chi connectivity index (χ0v) is 14.2. The summed E-state index contributed by atoms with van der Waals surface area (Å²) in [6.07, 6.45) is 1.63. The van der Waals surface area contributed by atoms with Crippen LogP contribution in [0.25, 0.3) is 0 Å². The van der Waals surface area contributed by atoms with Gasteiger partial charge in [-0.15, -0.1) is 0 Å². The van der Waals surface area contributed by atoms with Gasteiger partial charge in [-0.25, -0.2) is 4.79 Å². The predicted molar refractivity (Wildman–Crippen MR) is 83.0 cm³/mol. The average Bonchev–Trinajstić information content (AvgIpc) is 2.36. The van der Waals surface area contributed by atoms with E-state index in [0.717, 1.165) is 12.8 Å². The van der Waals surface area contributed by atoms with Gasteiger partial charge in [0.2, 0.25) is 5.91 Å².